The van der Waals surface area contributed by atoms with Crippen molar-refractivity contribution >= 4 is 11.6 Å². The van der Waals surface area contributed by atoms with Crippen LogP contribution in [0.5, 0.6) is 11.5 Å². The first-order valence-corrected chi connectivity index (χ1v) is 7.74. The van der Waals surface area contributed by atoms with Crippen molar-refractivity contribution in [2.24, 2.45) is 0 Å². The molecule has 2 aromatic rings. The second-order valence-electron chi connectivity index (χ2n) is 5.97. The van der Waals surface area contributed by atoms with E-state index in [4.69, 9.17) is 4.74 Å². The number of phenols is 1. The van der Waals surface area contributed by atoms with Crippen LogP contribution < -0.4 is 10.1 Å². The number of para-hydroxylation sites is 1. The third-order valence-electron chi connectivity index (χ3n) is 4.42. The van der Waals surface area contributed by atoms with E-state index >= 15 is 0 Å². The molecule has 1 aliphatic carbocycles. The molecule has 0 spiro atoms. The van der Waals surface area contributed by atoms with E-state index in [1.54, 1.807) is 12.1 Å². The molecule has 0 aromatic heterocycles. The van der Waals surface area contributed by atoms with Crippen LogP contribution >= 0.6 is 0 Å². The predicted octanol–water partition coefficient (Wildman–Crippen LogP) is 3.13. The summed E-state index contributed by atoms with van der Waals surface area (Å²) in [7, 11) is 1.52. The van der Waals surface area contributed by atoms with Gasteiger partial charge in [0.05, 0.1) is 12.7 Å². The fourth-order valence-electron chi connectivity index (χ4n) is 3.12. The Kier molecular flexibility index (Phi) is 3.15. The zero-order chi connectivity index (χ0) is 16.0. The van der Waals surface area contributed by atoms with E-state index in [0.29, 0.717) is 11.3 Å². The second-order valence-corrected chi connectivity index (χ2v) is 5.97. The molecule has 1 amide bonds. The van der Waals surface area contributed by atoms with Crippen LogP contribution in [0.3, 0.4) is 0 Å². The Morgan fingerprint density at radius 2 is 2.00 bits per heavy atom. The first kappa shape index (κ1) is 13.9. The van der Waals surface area contributed by atoms with Crippen LogP contribution in [0.1, 0.15) is 34.9 Å². The van der Waals surface area contributed by atoms with Gasteiger partial charge in [-0.05, 0) is 42.7 Å². The van der Waals surface area contributed by atoms with Crippen molar-refractivity contribution in [3.63, 3.8) is 0 Å². The van der Waals surface area contributed by atoms with Gasteiger partial charge in [0.2, 0.25) is 0 Å². The lowest BCUT2D eigenvalue weighted by molar-refractivity contribution is 0.0666. The van der Waals surface area contributed by atoms with Gasteiger partial charge in [-0.15, -0.1) is 0 Å². The van der Waals surface area contributed by atoms with E-state index in [1.165, 1.54) is 7.11 Å². The van der Waals surface area contributed by atoms with Crippen LogP contribution in [0.2, 0.25) is 0 Å². The van der Waals surface area contributed by atoms with Crippen LogP contribution in [0, 0.1) is 0 Å². The summed E-state index contributed by atoms with van der Waals surface area (Å²) in [5.41, 5.74) is 2.38. The molecule has 4 rings (SSSR count). The van der Waals surface area contributed by atoms with Crippen LogP contribution in [-0.2, 0) is 0 Å². The Hall–Kier alpha value is -2.69. The number of hydrogen-bond acceptors (Lipinski definition) is 4. The molecule has 1 aliphatic heterocycles. The molecular formula is C18H18N2O3. The van der Waals surface area contributed by atoms with Gasteiger partial charge in [0.1, 0.15) is 6.17 Å². The molecule has 2 aliphatic rings. The molecule has 23 heavy (non-hydrogen) atoms. The van der Waals surface area contributed by atoms with Gasteiger partial charge in [-0.3, -0.25) is 4.79 Å². The summed E-state index contributed by atoms with van der Waals surface area (Å²) in [4.78, 5) is 14.8. The highest BCUT2D eigenvalue weighted by Gasteiger charge is 2.42. The molecule has 2 N–H and O–H groups in total. The average molecular weight is 310 g/mol. The third kappa shape index (κ3) is 2.29. The van der Waals surface area contributed by atoms with Crippen molar-refractivity contribution < 1.29 is 14.6 Å². The van der Waals surface area contributed by atoms with Gasteiger partial charge in [0, 0.05) is 11.7 Å². The highest BCUT2D eigenvalue weighted by Crippen LogP contribution is 2.42. The lowest BCUT2D eigenvalue weighted by Crippen LogP contribution is -2.44. The Morgan fingerprint density at radius 3 is 2.70 bits per heavy atom. The molecule has 0 bridgehead atoms. The van der Waals surface area contributed by atoms with Crippen LogP contribution in [0.25, 0.3) is 0 Å². The summed E-state index contributed by atoms with van der Waals surface area (Å²) < 4.78 is 5.10. The molecule has 5 nitrogen and oxygen atoms in total. The van der Waals surface area contributed by atoms with Crippen molar-refractivity contribution in [3.05, 3.63) is 53.6 Å². The summed E-state index contributed by atoms with van der Waals surface area (Å²) in [6.07, 6.45) is 1.77. The normalized spacial score (nSPS) is 20.0. The molecule has 0 radical (unpaired) electrons. The highest BCUT2D eigenvalue weighted by molar-refractivity contribution is 6.02. The monoisotopic (exact) mass is 310 g/mol. The van der Waals surface area contributed by atoms with Crippen molar-refractivity contribution in [3.8, 4) is 11.5 Å². The van der Waals surface area contributed by atoms with E-state index in [1.807, 2.05) is 35.2 Å². The third-order valence-corrected chi connectivity index (χ3v) is 4.42. The topological polar surface area (TPSA) is 61.8 Å². The molecule has 1 fully saturated rings. The number of carbonyl (C=O) groups is 1. The van der Waals surface area contributed by atoms with Crippen molar-refractivity contribution in [1.29, 1.82) is 0 Å². The number of aromatic hydroxyl groups is 1. The van der Waals surface area contributed by atoms with Gasteiger partial charge < -0.3 is 20.1 Å². The number of carbonyl (C=O) groups excluding carboxylic acids is 1. The van der Waals surface area contributed by atoms with Crippen molar-refractivity contribution in [2.45, 2.75) is 25.0 Å². The fourth-order valence-corrected chi connectivity index (χ4v) is 3.12. The minimum Gasteiger partial charge on any atom is -0.504 e. The number of nitrogens with zero attached hydrogens (tertiary/aromatic N) is 1. The Bertz CT molecular complexity index is 771. The van der Waals surface area contributed by atoms with Crippen LogP contribution in [0.15, 0.2) is 42.5 Å². The fraction of sp³-hybridized carbons (Fsp3) is 0.278. The van der Waals surface area contributed by atoms with Gasteiger partial charge >= 0.3 is 0 Å². The van der Waals surface area contributed by atoms with Gasteiger partial charge in [0.25, 0.3) is 5.91 Å². The Balaban J connectivity index is 1.77. The molecule has 1 saturated carbocycles. The molecule has 1 heterocycles. The summed E-state index contributed by atoms with van der Waals surface area (Å²) in [5.74, 6) is 0.547. The summed E-state index contributed by atoms with van der Waals surface area (Å²) in [5, 5.41) is 13.5. The number of rotatable bonds is 3. The quantitative estimate of drug-likeness (QED) is 0.914. The number of hydrogen-bond donors (Lipinski definition) is 2. The predicted molar refractivity (Wildman–Crippen MR) is 86.7 cm³/mol. The van der Waals surface area contributed by atoms with Crippen LogP contribution in [-0.4, -0.2) is 29.1 Å². The molecule has 5 heteroatoms. The minimum atomic E-state index is -0.276. The number of phenolic OH excluding ortho intramolecular Hbond substituents is 1. The number of ether oxygens (including phenoxy) is 1. The molecule has 0 unspecified atom stereocenters. The van der Waals surface area contributed by atoms with Gasteiger partial charge in [-0.2, -0.15) is 0 Å². The van der Waals surface area contributed by atoms with Crippen LogP contribution in [0.4, 0.5) is 5.69 Å². The largest absolute Gasteiger partial charge is 0.504 e. The maximum atomic E-state index is 12.9. The summed E-state index contributed by atoms with van der Waals surface area (Å²) >= 11 is 0. The molecular weight excluding hydrogens is 292 g/mol. The molecule has 0 saturated heterocycles. The Labute approximate surface area is 134 Å². The first-order valence-electron chi connectivity index (χ1n) is 7.74. The van der Waals surface area contributed by atoms with E-state index in [9.17, 15) is 9.90 Å². The van der Waals surface area contributed by atoms with E-state index in [2.05, 4.69) is 5.32 Å². The summed E-state index contributed by atoms with van der Waals surface area (Å²) in [6, 6.07) is 13.1. The Morgan fingerprint density at radius 1 is 1.22 bits per heavy atom. The van der Waals surface area contributed by atoms with Crippen molar-refractivity contribution in [1.82, 2.24) is 4.90 Å². The lowest BCUT2D eigenvalue weighted by atomic mass is 10.0. The first-order chi connectivity index (χ1) is 11.2. The van der Waals surface area contributed by atoms with E-state index in [-0.39, 0.29) is 23.9 Å². The minimum absolute atomic E-state index is 0.0437. The zero-order valence-electron chi connectivity index (χ0n) is 12.8. The molecule has 2 aromatic carbocycles. The maximum absolute atomic E-state index is 12.9. The number of anilines is 1. The molecule has 1 atom stereocenters. The number of methoxy groups -OCH3 is 1. The maximum Gasteiger partial charge on any atom is 0.258 e. The van der Waals surface area contributed by atoms with Gasteiger partial charge in [0.15, 0.2) is 11.5 Å². The number of nitrogens with one attached hydrogen (secondary N) is 1. The van der Waals surface area contributed by atoms with E-state index < -0.39 is 0 Å². The molecule has 118 valence electrons. The number of amides is 1. The van der Waals surface area contributed by atoms with E-state index in [0.717, 1.165) is 24.1 Å². The lowest BCUT2D eigenvalue weighted by Gasteiger charge is -2.38. The standard InChI is InChI=1S/C18H18N2O3/c1-23-16-9-6-11(10-15(16)21)17-19-14-5-3-2-4-13(14)18(22)20(17)12-7-8-12/h2-6,9-10,12,17,19,21H,7-8H2,1H3/t17-/m1/s1. The summed E-state index contributed by atoms with van der Waals surface area (Å²) in [6.45, 7) is 0. The zero-order valence-corrected chi connectivity index (χ0v) is 12.8. The highest BCUT2D eigenvalue weighted by atomic mass is 16.5. The van der Waals surface area contributed by atoms with Crippen molar-refractivity contribution in [2.75, 3.05) is 12.4 Å². The van der Waals surface area contributed by atoms with Gasteiger partial charge in [-0.25, -0.2) is 0 Å². The van der Waals surface area contributed by atoms with Gasteiger partial charge in [-0.1, -0.05) is 18.2 Å². The average Bonchev–Trinajstić information content (AvgIpc) is 3.39. The number of fused-ring (bicyclic) bond motifs is 1. The smallest absolute Gasteiger partial charge is 0.258 e. The number of benzene rings is 2. The second kappa shape index (κ2) is 5.19. The SMILES string of the molecule is COc1ccc([C@@H]2Nc3ccccc3C(=O)N2C2CC2)cc1O.